The number of benzene rings is 6. The van der Waals surface area contributed by atoms with E-state index >= 15 is 0 Å². The summed E-state index contributed by atoms with van der Waals surface area (Å²) in [5.41, 5.74) is 13.6. The lowest BCUT2D eigenvalue weighted by Gasteiger charge is -2.42. The number of anilines is 3. The monoisotopic (exact) mass is 579 g/mol. The van der Waals surface area contributed by atoms with Gasteiger partial charge in [0.05, 0.1) is 22.8 Å². The summed E-state index contributed by atoms with van der Waals surface area (Å²) in [4.78, 5) is 2.41. The van der Waals surface area contributed by atoms with Crippen LogP contribution in [0.3, 0.4) is 0 Å². The first-order valence-corrected chi connectivity index (χ1v) is 15.5. The number of rotatable bonds is 5. The van der Waals surface area contributed by atoms with E-state index < -0.39 is 0 Å². The summed E-state index contributed by atoms with van der Waals surface area (Å²) in [5, 5.41) is 5.30. The van der Waals surface area contributed by atoms with Gasteiger partial charge in [0, 0.05) is 27.8 Å². The van der Waals surface area contributed by atoms with Crippen LogP contribution in [0.25, 0.3) is 39.3 Å². The molecule has 1 aromatic heterocycles. The fourth-order valence-corrected chi connectivity index (χ4v) is 6.83. The Hall–Kier alpha value is -5.67. The van der Waals surface area contributed by atoms with E-state index in [4.69, 9.17) is 5.10 Å². The SMILES string of the molecule is CC1(C)c2ccccc2N(c2ccc(-c3c(-c4ccccc4)nn(-c4ccccc4)c3-c3ccccc3)cc2)c2ccccc21. The zero-order chi connectivity index (χ0) is 30.4. The predicted molar refractivity (Wildman–Crippen MR) is 187 cm³/mol. The molecule has 0 N–H and O–H groups in total. The molecule has 0 aliphatic carbocycles. The Morgan fingerprint density at radius 1 is 0.444 bits per heavy atom. The molecule has 0 atom stereocenters. The molecule has 0 saturated carbocycles. The largest absolute Gasteiger partial charge is 0.310 e. The molecule has 3 nitrogen and oxygen atoms in total. The van der Waals surface area contributed by atoms with E-state index in [0.717, 1.165) is 45.0 Å². The molecule has 0 saturated heterocycles. The number of aromatic nitrogens is 2. The molecule has 45 heavy (non-hydrogen) atoms. The molecule has 0 fully saturated rings. The van der Waals surface area contributed by atoms with E-state index in [-0.39, 0.29) is 5.41 Å². The van der Waals surface area contributed by atoms with Crippen LogP contribution in [0.4, 0.5) is 17.1 Å². The normalized spacial score (nSPS) is 13.2. The molecule has 0 radical (unpaired) electrons. The highest BCUT2D eigenvalue weighted by molar-refractivity contribution is 5.94. The maximum absolute atomic E-state index is 5.30. The first kappa shape index (κ1) is 26.9. The van der Waals surface area contributed by atoms with E-state index in [1.807, 2.05) is 6.07 Å². The maximum atomic E-state index is 5.30. The zero-order valence-corrected chi connectivity index (χ0v) is 25.4. The average Bonchev–Trinajstić information content (AvgIpc) is 3.51. The van der Waals surface area contributed by atoms with Crippen LogP contribution in [-0.2, 0) is 5.41 Å². The lowest BCUT2D eigenvalue weighted by atomic mass is 9.73. The lowest BCUT2D eigenvalue weighted by molar-refractivity contribution is 0.632. The standard InChI is InChI=1S/C42H33N3/c1-42(2)35-22-12-14-24-37(35)44(38-25-15-13-23-36(38)42)33-28-26-30(27-29-33)39-40(31-16-6-3-7-17-31)43-45(34-20-10-5-11-21-34)41(39)32-18-8-4-9-19-32/h3-29H,1-2H3. The summed E-state index contributed by atoms with van der Waals surface area (Å²) in [6.45, 7) is 4.65. The summed E-state index contributed by atoms with van der Waals surface area (Å²) in [5.74, 6) is 0. The highest BCUT2D eigenvalue weighted by Gasteiger charge is 2.36. The van der Waals surface area contributed by atoms with Crippen LogP contribution in [0.2, 0.25) is 0 Å². The highest BCUT2D eigenvalue weighted by Crippen LogP contribution is 2.52. The number of para-hydroxylation sites is 3. The predicted octanol–water partition coefficient (Wildman–Crippen LogP) is 11.0. The Balaban J connectivity index is 1.34. The highest BCUT2D eigenvalue weighted by atomic mass is 15.3. The van der Waals surface area contributed by atoms with Crippen molar-refractivity contribution in [2.75, 3.05) is 4.90 Å². The summed E-state index contributed by atoms with van der Waals surface area (Å²) < 4.78 is 2.10. The second-order valence-corrected chi connectivity index (χ2v) is 12.1. The molecular formula is C42H33N3. The summed E-state index contributed by atoms with van der Waals surface area (Å²) >= 11 is 0. The molecule has 7 aromatic rings. The smallest absolute Gasteiger partial charge is 0.101 e. The van der Waals surface area contributed by atoms with Gasteiger partial charge in [0.15, 0.2) is 0 Å². The first-order chi connectivity index (χ1) is 22.1. The number of hydrogen-bond acceptors (Lipinski definition) is 2. The molecule has 0 bridgehead atoms. The molecule has 2 heterocycles. The van der Waals surface area contributed by atoms with E-state index in [9.17, 15) is 0 Å². The zero-order valence-electron chi connectivity index (χ0n) is 25.4. The van der Waals surface area contributed by atoms with Gasteiger partial charge in [-0.25, -0.2) is 4.68 Å². The molecule has 8 rings (SSSR count). The quantitative estimate of drug-likeness (QED) is 0.202. The Kier molecular flexibility index (Phi) is 6.46. The Labute approximate surface area is 264 Å². The molecule has 6 aromatic carbocycles. The van der Waals surface area contributed by atoms with Crippen LogP contribution in [0.5, 0.6) is 0 Å². The van der Waals surface area contributed by atoms with Crippen molar-refractivity contribution in [1.29, 1.82) is 0 Å². The first-order valence-electron chi connectivity index (χ1n) is 15.5. The Morgan fingerprint density at radius 3 is 1.51 bits per heavy atom. The van der Waals surface area contributed by atoms with Crippen molar-refractivity contribution in [1.82, 2.24) is 9.78 Å². The summed E-state index contributed by atoms with van der Waals surface area (Å²) in [6, 6.07) is 58.2. The van der Waals surface area contributed by atoms with Crippen LogP contribution in [0, 0.1) is 0 Å². The third-order valence-corrected chi connectivity index (χ3v) is 9.03. The molecule has 0 unspecified atom stereocenters. The molecular weight excluding hydrogens is 546 g/mol. The van der Waals surface area contributed by atoms with Gasteiger partial charge < -0.3 is 4.90 Å². The van der Waals surface area contributed by atoms with Crippen LogP contribution in [0.1, 0.15) is 25.0 Å². The maximum Gasteiger partial charge on any atom is 0.101 e. The topological polar surface area (TPSA) is 21.1 Å². The molecule has 1 aliphatic heterocycles. The number of nitrogens with zero attached hydrogens (tertiary/aromatic N) is 3. The van der Waals surface area contributed by atoms with Crippen molar-refractivity contribution in [3.8, 4) is 39.3 Å². The van der Waals surface area contributed by atoms with Gasteiger partial charge in [0.25, 0.3) is 0 Å². The summed E-state index contributed by atoms with van der Waals surface area (Å²) in [7, 11) is 0. The fraction of sp³-hybridized carbons (Fsp3) is 0.0714. The van der Waals surface area contributed by atoms with Crippen molar-refractivity contribution in [3.05, 3.63) is 175 Å². The molecule has 0 spiro atoms. The minimum Gasteiger partial charge on any atom is -0.310 e. The van der Waals surface area contributed by atoms with Crippen molar-refractivity contribution in [2.24, 2.45) is 0 Å². The average molecular weight is 580 g/mol. The molecule has 3 heteroatoms. The van der Waals surface area contributed by atoms with Crippen molar-refractivity contribution in [2.45, 2.75) is 19.3 Å². The van der Waals surface area contributed by atoms with Gasteiger partial charge in [-0.3, -0.25) is 0 Å². The van der Waals surface area contributed by atoms with E-state index in [1.165, 1.54) is 22.5 Å². The number of fused-ring (bicyclic) bond motifs is 2. The van der Waals surface area contributed by atoms with Crippen molar-refractivity contribution < 1.29 is 0 Å². The minimum absolute atomic E-state index is 0.0924. The molecule has 0 amide bonds. The van der Waals surface area contributed by atoms with Gasteiger partial charge in [-0.05, 0) is 53.1 Å². The Morgan fingerprint density at radius 2 is 0.933 bits per heavy atom. The van der Waals surface area contributed by atoms with Gasteiger partial charge >= 0.3 is 0 Å². The van der Waals surface area contributed by atoms with Crippen molar-refractivity contribution in [3.63, 3.8) is 0 Å². The molecule has 216 valence electrons. The third kappa shape index (κ3) is 4.47. The Bertz CT molecular complexity index is 2060. The number of hydrogen-bond donors (Lipinski definition) is 0. The van der Waals surface area contributed by atoms with Crippen LogP contribution in [0.15, 0.2) is 164 Å². The van der Waals surface area contributed by atoms with Gasteiger partial charge in [-0.1, -0.05) is 141 Å². The lowest BCUT2D eigenvalue weighted by Crippen LogP contribution is -2.30. The minimum atomic E-state index is -0.0924. The van der Waals surface area contributed by atoms with Crippen molar-refractivity contribution >= 4 is 17.1 Å². The van der Waals surface area contributed by atoms with Crippen LogP contribution >= 0.6 is 0 Å². The van der Waals surface area contributed by atoms with Gasteiger partial charge in [0.1, 0.15) is 5.69 Å². The van der Waals surface area contributed by atoms with E-state index in [1.54, 1.807) is 0 Å². The van der Waals surface area contributed by atoms with Crippen LogP contribution in [-0.4, -0.2) is 9.78 Å². The fourth-order valence-electron chi connectivity index (χ4n) is 6.83. The van der Waals surface area contributed by atoms with Crippen LogP contribution < -0.4 is 4.90 Å². The van der Waals surface area contributed by atoms with Gasteiger partial charge in [-0.2, -0.15) is 5.10 Å². The van der Waals surface area contributed by atoms with E-state index in [2.05, 4.69) is 181 Å². The van der Waals surface area contributed by atoms with E-state index in [0.29, 0.717) is 0 Å². The summed E-state index contributed by atoms with van der Waals surface area (Å²) in [6.07, 6.45) is 0. The second kappa shape index (κ2) is 10.8. The molecule has 1 aliphatic rings. The van der Waals surface area contributed by atoms with Gasteiger partial charge in [0.2, 0.25) is 0 Å². The third-order valence-electron chi connectivity index (χ3n) is 9.03. The second-order valence-electron chi connectivity index (χ2n) is 12.1. The van der Waals surface area contributed by atoms with Gasteiger partial charge in [-0.15, -0.1) is 0 Å².